The summed E-state index contributed by atoms with van der Waals surface area (Å²) in [5.74, 6) is 0. The molecule has 0 N–H and O–H groups in total. The number of aryl methyl sites for hydroxylation is 1. The summed E-state index contributed by atoms with van der Waals surface area (Å²) < 4.78 is 31.2. The van der Waals surface area contributed by atoms with E-state index in [1.54, 1.807) is 52.9 Å². The van der Waals surface area contributed by atoms with Gasteiger partial charge in [0.05, 0.1) is 29.9 Å². The highest BCUT2D eigenvalue weighted by atomic mass is 32.2. The van der Waals surface area contributed by atoms with Crippen molar-refractivity contribution in [3.63, 3.8) is 0 Å². The summed E-state index contributed by atoms with van der Waals surface area (Å²) in [6.45, 7) is 0.0777. The number of hydrogen-bond donors (Lipinski definition) is 0. The van der Waals surface area contributed by atoms with Gasteiger partial charge >= 0.3 is 0 Å². The molecule has 5 rings (SSSR count). The van der Waals surface area contributed by atoms with Crippen molar-refractivity contribution in [2.45, 2.75) is 35.3 Å². The number of aromatic nitrogens is 6. The predicted molar refractivity (Wildman–Crippen MR) is 104 cm³/mol. The van der Waals surface area contributed by atoms with Gasteiger partial charge in [0.2, 0.25) is 9.84 Å². The number of sulfone groups is 1. The summed E-state index contributed by atoms with van der Waals surface area (Å²) in [6, 6.07) is 8.64. The van der Waals surface area contributed by atoms with Crippen LogP contribution in [0.25, 0.3) is 10.8 Å². The summed E-state index contributed by atoms with van der Waals surface area (Å²) in [5.41, 5.74) is 0.251. The topological polar surface area (TPSA) is 105 Å². The monoisotopic (exact) mass is 410 g/mol. The van der Waals surface area contributed by atoms with E-state index in [1.165, 1.54) is 12.4 Å². The van der Waals surface area contributed by atoms with Gasteiger partial charge in [0.15, 0.2) is 5.03 Å². The molecular formula is C19H18N6O3S. The van der Waals surface area contributed by atoms with Crippen molar-refractivity contribution in [3.05, 3.63) is 65.0 Å². The van der Waals surface area contributed by atoms with Crippen molar-refractivity contribution in [3.8, 4) is 0 Å². The van der Waals surface area contributed by atoms with Crippen LogP contribution < -0.4 is 5.56 Å². The fourth-order valence-electron chi connectivity index (χ4n) is 3.32. The van der Waals surface area contributed by atoms with Gasteiger partial charge in [-0.15, -0.1) is 0 Å². The number of rotatable bonds is 5. The fraction of sp³-hybridized carbons (Fsp3) is 0.263. The van der Waals surface area contributed by atoms with Gasteiger partial charge in [-0.2, -0.15) is 15.3 Å². The number of nitrogens with zero attached hydrogens (tertiary/aromatic N) is 6. The van der Waals surface area contributed by atoms with E-state index < -0.39 is 9.84 Å². The SMILES string of the molecule is Cn1ccc(Cn2nc(S(=O)(=O)c3cnn(C4CC4)c3)c3ccccc3c2=O)n1. The average molecular weight is 410 g/mol. The molecule has 29 heavy (non-hydrogen) atoms. The minimum absolute atomic E-state index is 0.0742. The Hall–Kier alpha value is -3.27. The highest BCUT2D eigenvalue weighted by Gasteiger charge is 2.29. The second kappa shape index (κ2) is 6.38. The van der Waals surface area contributed by atoms with Crippen LogP contribution in [0.4, 0.5) is 0 Å². The Kier molecular flexibility index (Phi) is 3.91. The minimum atomic E-state index is -3.96. The molecule has 0 amide bonds. The Morgan fingerprint density at radius 1 is 1.10 bits per heavy atom. The lowest BCUT2D eigenvalue weighted by Crippen LogP contribution is -2.26. The third-order valence-electron chi connectivity index (χ3n) is 4.98. The molecule has 4 aromatic rings. The molecule has 0 atom stereocenters. The van der Waals surface area contributed by atoms with Gasteiger partial charge in [0, 0.05) is 24.8 Å². The third-order valence-corrected chi connectivity index (χ3v) is 6.62. The van der Waals surface area contributed by atoms with E-state index in [0.717, 1.165) is 17.5 Å². The molecule has 0 aliphatic heterocycles. The molecule has 1 fully saturated rings. The van der Waals surface area contributed by atoms with Crippen molar-refractivity contribution < 1.29 is 8.42 Å². The Morgan fingerprint density at radius 3 is 2.55 bits per heavy atom. The summed E-state index contributed by atoms with van der Waals surface area (Å²) in [7, 11) is -2.19. The lowest BCUT2D eigenvalue weighted by molar-refractivity contribution is 0.566. The lowest BCUT2D eigenvalue weighted by Gasteiger charge is -2.10. The molecule has 0 spiro atoms. The zero-order valence-electron chi connectivity index (χ0n) is 15.6. The molecule has 1 aromatic carbocycles. The van der Waals surface area contributed by atoms with Crippen LogP contribution in [0.2, 0.25) is 0 Å². The van der Waals surface area contributed by atoms with E-state index in [0.29, 0.717) is 16.5 Å². The van der Waals surface area contributed by atoms with Crippen LogP contribution in [0.5, 0.6) is 0 Å². The van der Waals surface area contributed by atoms with Crippen LogP contribution in [0, 0.1) is 0 Å². The van der Waals surface area contributed by atoms with Crippen LogP contribution in [0.1, 0.15) is 24.6 Å². The van der Waals surface area contributed by atoms with E-state index in [2.05, 4.69) is 15.3 Å². The maximum Gasteiger partial charge on any atom is 0.275 e. The van der Waals surface area contributed by atoms with Crippen LogP contribution in [0.3, 0.4) is 0 Å². The van der Waals surface area contributed by atoms with Gasteiger partial charge in [-0.25, -0.2) is 13.1 Å². The lowest BCUT2D eigenvalue weighted by atomic mass is 10.2. The molecular weight excluding hydrogens is 392 g/mol. The summed E-state index contributed by atoms with van der Waals surface area (Å²) >= 11 is 0. The van der Waals surface area contributed by atoms with Gasteiger partial charge in [-0.05, 0) is 25.0 Å². The highest BCUT2D eigenvalue weighted by Crippen LogP contribution is 2.35. The maximum atomic E-state index is 13.4. The largest absolute Gasteiger partial charge is 0.275 e. The van der Waals surface area contributed by atoms with Crippen molar-refractivity contribution in [2.24, 2.45) is 7.05 Å². The Balaban J connectivity index is 1.69. The summed E-state index contributed by atoms with van der Waals surface area (Å²) in [5, 5.41) is 13.1. The number of benzene rings is 1. The normalized spacial score (nSPS) is 14.5. The van der Waals surface area contributed by atoms with Crippen LogP contribution in [-0.2, 0) is 23.4 Å². The average Bonchev–Trinajstić information content (AvgIpc) is 3.28. The molecule has 0 bridgehead atoms. The summed E-state index contributed by atoms with van der Waals surface area (Å²) in [4.78, 5) is 13.0. The number of hydrogen-bond acceptors (Lipinski definition) is 6. The first-order valence-electron chi connectivity index (χ1n) is 9.21. The van der Waals surface area contributed by atoms with E-state index in [9.17, 15) is 13.2 Å². The van der Waals surface area contributed by atoms with E-state index in [4.69, 9.17) is 0 Å². The van der Waals surface area contributed by atoms with Crippen molar-refractivity contribution >= 4 is 20.6 Å². The predicted octanol–water partition coefficient (Wildman–Crippen LogP) is 1.54. The fourth-order valence-corrected chi connectivity index (χ4v) is 4.65. The molecule has 3 aromatic heterocycles. The standard InChI is InChI=1S/C19H18N6O3S/c1-23-9-8-13(21-23)11-25-19(26)17-5-3-2-4-16(17)18(22-25)29(27,28)15-10-20-24(12-15)14-6-7-14/h2-5,8-10,12,14H,6-7,11H2,1H3. The van der Waals surface area contributed by atoms with Gasteiger partial charge < -0.3 is 0 Å². The molecule has 1 aliphatic carbocycles. The maximum absolute atomic E-state index is 13.4. The van der Waals surface area contributed by atoms with Crippen molar-refractivity contribution in [1.29, 1.82) is 0 Å². The molecule has 1 aliphatic rings. The second-order valence-corrected chi connectivity index (χ2v) is 9.05. The summed E-state index contributed by atoms with van der Waals surface area (Å²) in [6.07, 6.45) is 6.63. The first kappa shape index (κ1) is 17.8. The second-order valence-electron chi connectivity index (χ2n) is 7.18. The van der Waals surface area contributed by atoms with Crippen molar-refractivity contribution in [1.82, 2.24) is 29.3 Å². The Labute approximate surface area is 166 Å². The van der Waals surface area contributed by atoms with Gasteiger partial charge in [0.1, 0.15) is 4.90 Å². The van der Waals surface area contributed by atoms with E-state index in [-0.39, 0.29) is 28.1 Å². The van der Waals surface area contributed by atoms with Gasteiger partial charge in [0.25, 0.3) is 5.56 Å². The van der Waals surface area contributed by atoms with Gasteiger partial charge in [-0.3, -0.25) is 14.2 Å². The Bertz CT molecular complexity index is 1390. The van der Waals surface area contributed by atoms with E-state index >= 15 is 0 Å². The molecule has 10 heteroatoms. The van der Waals surface area contributed by atoms with Crippen molar-refractivity contribution in [2.75, 3.05) is 0 Å². The first-order chi connectivity index (χ1) is 13.9. The van der Waals surface area contributed by atoms with Crippen LogP contribution in [0.15, 0.2) is 63.6 Å². The first-order valence-corrected chi connectivity index (χ1v) is 10.7. The molecule has 0 radical (unpaired) electrons. The number of fused-ring (bicyclic) bond motifs is 1. The molecule has 148 valence electrons. The quantitative estimate of drug-likeness (QED) is 0.494. The minimum Gasteiger partial charge on any atom is -0.275 e. The Morgan fingerprint density at radius 2 is 1.86 bits per heavy atom. The molecule has 3 heterocycles. The van der Waals surface area contributed by atoms with Gasteiger partial charge in [-0.1, -0.05) is 18.2 Å². The van der Waals surface area contributed by atoms with E-state index in [1.807, 2.05) is 0 Å². The molecule has 0 unspecified atom stereocenters. The zero-order valence-corrected chi connectivity index (χ0v) is 16.5. The zero-order chi connectivity index (χ0) is 20.2. The molecule has 1 saturated carbocycles. The smallest absolute Gasteiger partial charge is 0.275 e. The van der Waals surface area contributed by atoms with Crippen LogP contribution in [-0.4, -0.2) is 37.8 Å². The highest BCUT2D eigenvalue weighted by molar-refractivity contribution is 7.91. The molecule has 9 nitrogen and oxygen atoms in total. The van der Waals surface area contributed by atoms with Crippen LogP contribution >= 0.6 is 0 Å². The molecule has 0 saturated heterocycles. The third kappa shape index (κ3) is 3.05.